The van der Waals surface area contributed by atoms with Gasteiger partial charge in [0.15, 0.2) is 9.84 Å². The van der Waals surface area contributed by atoms with Gasteiger partial charge in [-0.1, -0.05) is 0 Å². The van der Waals surface area contributed by atoms with Crippen molar-refractivity contribution in [2.24, 2.45) is 5.92 Å². The Morgan fingerprint density at radius 3 is 2.67 bits per heavy atom. The number of sulfone groups is 1. The molecular weight excluding hydrogens is 176 g/mol. The Kier molecular flexibility index (Phi) is 2.53. The molecule has 0 radical (unpaired) electrons. The van der Waals surface area contributed by atoms with Crippen LogP contribution in [-0.4, -0.2) is 25.7 Å². The largest absolute Gasteiger partial charge is 0.285 e. The van der Waals surface area contributed by atoms with E-state index in [1.807, 2.05) is 5.92 Å². The first-order valence-corrected chi connectivity index (χ1v) is 5.55. The van der Waals surface area contributed by atoms with Gasteiger partial charge in [-0.05, 0) is 18.3 Å². The minimum atomic E-state index is -2.87. The monoisotopic (exact) mass is 186 g/mol. The molecule has 1 heterocycles. The van der Waals surface area contributed by atoms with Crippen LogP contribution < -0.4 is 0 Å². The minimum absolute atomic E-state index is 0.0430. The molecule has 1 aliphatic rings. The molecule has 12 heavy (non-hydrogen) atoms. The van der Waals surface area contributed by atoms with Crippen LogP contribution in [0.25, 0.3) is 0 Å². The third kappa shape index (κ3) is 2.35. The van der Waals surface area contributed by atoms with Crippen LogP contribution in [0.4, 0.5) is 0 Å². The number of terminal acetylenes is 1. The van der Waals surface area contributed by atoms with Crippen molar-refractivity contribution in [2.45, 2.75) is 12.8 Å². The normalized spacial score (nSPS) is 26.4. The summed E-state index contributed by atoms with van der Waals surface area (Å²) in [6, 6.07) is 0. The topological polar surface area (TPSA) is 51.2 Å². The van der Waals surface area contributed by atoms with Gasteiger partial charge in [-0.25, -0.2) is 8.42 Å². The summed E-state index contributed by atoms with van der Waals surface area (Å²) in [5.41, 5.74) is 0. The lowest BCUT2D eigenvalue weighted by molar-refractivity contribution is -0.114. The molecule has 1 fully saturated rings. The summed E-state index contributed by atoms with van der Waals surface area (Å²) in [6.45, 7) is 0. The molecule has 0 aromatic carbocycles. The third-order valence-corrected chi connectivity index (χ3v) is 3.80. The van der Waals surface area contributed by atoms with Crippen molar-refractivity contribution in [3.05, 3.63) is 0 Å². The molecule has 0 saturated carbocycles. The molecule has 0 bridgehead atoms. The Labute approximate surface area is 72.1 Å². The summed E-state index contributed by atoms with van der Waals surface area (Å²) in [6.07, 6.45) is 5.67. The minimum Gasteiger partial charge on any atom is -0.285 e. The maximum Gasteiger partial charge on any atom is 0.205 e. The van der Waals surface area contributed by atoms with Gasteiger partial charge >= 0.3 is 0 Å². The fraction of sp³-hybridized carbons (Fsp3) is 0.625. The smallest absolute Gasteiger partial charge is 0.205 e. The predicted octanol–water partition coefficient (Wildman–Crippen LogP) is 0.0135. The van der Waals surface area contributed by atoms with Crippen molar-refractivity contribution in [1.29, 1.82) is 0 Å². The van der Waals surface area contributed by atoms with E-state index in [1.165, 1.54) is 0 Å². The zero-order chi connectivity index (χ0) is 9.19. The highest BCUT2D eigenvalue weighted by molar-refractivity contribution is 7.91. The molecule has 1 atom stereocenters. The van der Waals surface area contributed by atoms with E-state index in [4.69, 9.17) is 6.42 Å². The van der Waals surface area contributed by atoms with Crippen LogP contribution in [0, 0.1) is 18.3 Å². The van der Waals surface area contributed by atoms with Crippen LogP contribution in [0.2, 0.25) is 0 Å². The first-order chi connectivity index (χ1) is 5.53. The molecule has 0 aromatic heterocycles. The first kappa shape index (κ1) is 9.27. The lowest BCUT2D eigenvalue weighted by Crippen LogP contribution is -2.08. The van der Waals surface area contributed by atoms with Gasteiger partial charge in [0.1, 0.15) is 0 Å². The average Bonchev–Trinajstić information content (AvgIpc) is 2.30. The molecule has 3 nitrogen and oxygen atoms in total. The van der Waals surface area contributed by atoms with Crippen LogP contribution >= 0.6 is 0 Å². The van der Waals surface area contributed by atoms with Crippen LogP contribution in [0.5, 0.6) is 0 Å². The van der Waals surface area contributed by atoms with E-state index < -0.39 is 9.84 Å². The van der Waals surface area contributed by atoms with E-state index in [2.05, 4.69) is 0 Å². The third-order valence-electron chi connectivity index (χ3n) is 1.96. The Morgan fingerprint density at radius 1 is 1.58 bits per heavy atom. The molecule has 0 amide bonds. The van der Waals surface area contributed by atoms with Crippen LogP contribution in [-0.2, 0) is 14.6 Å². The Bertz CT molecular complexity index is 321. The van der Waals surface area contributed by atoms with Crippen molar-refractivity contribution in [2.75, 3.05) is 11.5 Å². The molecule has 66 valence electrons. The molecule has 1 aliphatic heterocycles. The predicted molar refractivity (Wildman–Crippen MR) is 45.2 cm³/mol. The van der Waals surface area contributed by atoms with Gasteiger partial charge < -0.3 is 0 Å². The van der Waals surface area contributed by atoms with E-state index >= 15 is 0 Å². The van der Waals surface area contributed by atoms with E-state index in [9.17, 15) is 13.2 Å². The second-order valence-corrected chi connectivity index (χ2v) is 5.27. The molecule has 0 aliphatic carbocycles. The number of carbonyl (C=O) groups excluding carboxylic acids is 1. The summed E-state index contributed by atoms with van der Waals surface area (Å²) in [7, 11) is -2.87. The van der Waals surface area contributed by atoms with Gasteiger partial charge in [-0.3, -0.25) is 4.79 Å². The highest BCUT2D eigenvalue weighted by Gasteiger charge is 2.28. The summed E-state index contributed by atoms with van der Waals surface area (Å²) < 4.78 is 21.9. The summed E-state index contributed by atoms with van der Waals surface area (Å²) in [4.78, 5) is 10.7. The SMILES string of the molecule is C#CC(=O)CC1CCS(=O)(=O)C1. The summed E-state index contributed by atoms with van der Waals surface area (Å²) in [5, 5.41) is 0. The number of rotatable bonds is 2. The summed E-state index contributed by atoms with van der Waals surface area (Å²) in [5.74, 6) is 1.98. The lowest BCUT2D eigenvalue weighted by Gasteiger charge is -2.00. The van der Waals surface area contributed by atoms with E-state index in [0.29, 0.717) is 6.42 Å². The maximum absolute atomic E-state index is 10.9. The Morgan fingerprint density at radius 2 is 2.25 bits per heavy atom. The maximum atomic E-state index is 10.9. The molecule has 0 N–H and O–H groups in total. The van der Waals surface area contributed by atoms with E-state index in [1.54, 1.807) is 0 Å². The van der Waals surface area contributed by atoms with Gasteiger partial charge in [0.05, 0.1) is 11.5 Å². The van der Waals surface area contributed by atoms with E-state index in [0.717, 1.165) is 0 Å². The zero-order valence-electron chi connectivity index (χ0n) is 6.62. The molecule has 1 unspecified atom stereocenters. The number of ketones is 1. The van der Waals surface area contributed by atoms with Gasteiger partial charge in [-0.2, -0.15) is 0 Å². The average molecular weight is 186 g/mol. The number of Topliss-reactive ketones (excluding diaryl/α,β-unsaturated/α-hetero) is 1. The fourth-order valence-electron chi connectivity index (χ4n) is 1.35. The fourth-order valence-corrected chi connectivity index (χ4v) is 3.22. The van der Waals surface area contributed by atoms with Crippen LogP contribution in [0.3, 0.4) is 0 Å². The first-order valence-electron chi connectivity index (χ1n) is 3.73. The van der Waals surface area contributed by atoms with E-state index in [-0.39, 0.29) is 29.6 Å². The quantitative estimate of drug-likeness (QED) is 0.451. The standard InChI is InChI=1S/C8H10O3S/c1-2-8(9)5-7-3-4-12(10,11)6-7/h1,7H,3-6H2. The molecule has 1 saturated heterocycles. The van der Waals surface area contributed by atoms with Crippen LogP contribution in [0.15, 0.2) is 0 Å². The van der Waals surface area contributed by atoms with Crippen molar-refractivity contribution < 1.29 is 13.2 Å². The Balaban J connectivity index is 2.50. The van der Waals surface area contributed by atoms with Gasteiger partial charge in [0, 0.05) is 6.42 Å². The van der Waals surface area contributed by atoms with Crippen LogP contribution in [0.1, 0.15) is 12.8 Å². The highest BCUT2D eigenvalue weighted by Crippen LogP contribution is 2.21. The molecule has 4 heteroatoms. The van der Waals surface area contributed by atoms with Gasteiger partial charge in [0.2, 0.25) is 5.78 Å². The summed E-state index contributed by atoms with van der Waals surface area (Å²) >= 11 is 0. The number of hydrogen-bond donors (Lipinski definition) is 0. The van der Waals surface area contributed by atoms with Crippen molar-refractivity contribution >= 4 is 15.6 Å². The van der Waals surface area contributed by atoms with Crippen molar-refractivity contribution in [3.63, 3.8) is 0 Å². The zero-order valence-corrected chi connectivity index (χ0v) is 7.43. The number of hydrogen-bond acceptors (Lipinski definition) is 3. The van der Waals surface area contributed by atoms with Gasteiger partial charge in [0.25, 0.3) is 0 Å². The molecule has 1 rings (SSSR count). The number of carbonyl (C=O) groups is 1. The van der Waals surface area contributed by atoms with Gasteiger partial charge in [-0.15, -0.1) is 6.42 Å². The molecular formula is C8H10O3S. The molecule has 0 aromatic rings. The lowest BCUT2D eigenvalue weighted by atomic mass is 10.0. The Hall–Kier alpha value is -0.820. The second kappa shape index (κ2) is 3.28. The van der Waals surface area contributed by atoms with Crippen molar-refractivity contribution in [3.8, 4) is 12.3 Å². The highest BCUT2D eigenvalue weighted by atomic mass is 32.2. The second-order valence-electron chi connectivity index (χ2n) is 3.04. The van der Waals surface area contributed by atoms with Crippen molar-refractivity contribution in [1.82, 2.24) is 0 Å². The molecule has 0 spiro atoms.